The standard InChI is InChI=1S/C20H18F3N7O2/c21-20(22,23)14-5-1-2-6-15(14)27-18-17(30(31)32)19(26-13-25-18)29-11-9-28(10-12-29)16-7-3-4-8-24-16/h1-8,13H,9-12H2,(H,25,26,27). The number of benzene rings is 1. The molecule has 1 aliphatic heterocycles. The molecule has 4 rings (SSSR count). The van der Waals surface area contributed by atoms with Gasteiger partial charge in [-0.05, 0) is 24.3 Å². The predicted octanol–water partition coefficient (Wildman–Crippen LogP) is 3.87. The maximum atomic E-state index is 13.3. The molecule has 1 fully saturated rings. The number of hydrogen-bond acceptors (Lipinski definition) is 8. The summed E-state index contributed by atoms with van der Waals surface area (Å²) in [5.74, 6) is 0.553. The lowest BCUT2D eigenvalue weighted by molar-refractivity contribution is -0.383. The van der Waals surface area contributed by atoms with E-state index in [9.17, 15) is 23.3 Å². The summed E-state index contributed by atoms with van der Waals surface area (Å²) < 4.78 is 40.0. The molecule has 0 atom stereocenters. The highest BCUT2D eigenvalue weighted by molar-refractivity contribution is 5.75. The van der Waals surface area contributed by atoms with Crippen molar-refractivity contribution in [2.45, 2.75) is 6.18 Å². The second kappa shape index (κ2) is 8.65. The van der Waals surface area contributed by atoms with Crippen LogP contribution in [0.2, 0.25) is 0 Å². The topological polar surface area (TPSA) is 100 Å². The Morgan fingerprint density at radius 3 is 2.28 bits per heavy atom. The third-order valence-corrected chi connectivity index (χ3v) is 5.02. The monoisotopic (exact) mass is 445 g/mol. The van der Waals surface area contributed by atoms with Crippen molar-refractivity contribution in [3.8, 4) is 0 Å². The van der Waals surface area contributed by atoms with E-state index in [0.29, 0.717) is 26.2 Å². The van der Waals surface area contributed by atoms with Crippen molar-refractivity contribution in [2.75, 3.05) is 41.3 Å². The smallest absolute Gasteiger partial charge is 0.353 e. The summed E-state index contributed by atoms with van der Waals surface area (Å²) >= 11 is 0. The van der Waals surface area contributed by atoms with Crippen molar-refractivity contribution in [1.82, 2.24) is 15.0 Å². The van der Waals surface area contributed by atoms with Gasteiger partial charge in [-0.15, -0.1) is 0 Å². The number of para-hydroxylation sites is 1. The van der Waals surface area contributed by atoms with E-state index < -0.39 is 22.4 Å². The largest absolute Gasteiger partial charge is 0.418 e. The van der Waals surface area contributed by atoms with Gasteiger partial charge in [-0.2, -0.15) is 13.2 Å². The van der Waals surface area contributed by atoms with Crippen LogP contribution in [0.1, 0.15) is 5.56 Å². The van der Waals surface area contributed by atoms with Crippen LogP contribution >= 0.6 is 0 Å². The Labute approximate surface area is 180 Å². The lowest BCUT2D eigenvalue weighted by Gasteiger charge is -2.35. The zero-order valence-corrected chi connectivity index (χ0v) is 16.7. The molecular weight excluding hydrogens is 427 g/mol. The molecule has 0 spiro atoms. The Morgan fingerprint density at radius 2 is 1.62 bits per heavy atom. The van der Waals surface area contributed by atoms with Crippen LogP contribution in [0.3, 0.4) is 0 Å². The Morgan fingerprint density at radius 1 is 0.938 bits per heavy atom. The summed E-state index contributed by atoms with van der Waals surface area (Å²) in [6, 6.07) is 10.3. The van der Waals surface area contributed by atoms with Gasteiger partial charge in [0.05, 0.1) is 16.2 Å². The number of nitrogens with zero attached hydrogens (tertiary/aromatic N) is 6. The highest BCUT2D eigenvalue weighted by Gasteiger charge is 2.35. The number of halogens is 3. The number of nitro groups is 1. The third kappa shape index (κ3) is 4.38. The van der Waals surface area contributed by atoms with Crippen molar-refractivity contribution >= 4 is 28.8 Å². The van der Waals surface area contributed by atoms with Gasteiger partial charge in [-0.3, -0.25) is 10.1 Å². The molecule has 2 aromatic heterocycles. The van der Waals surface area contributed by atoms with Crippen LogP contribution in [0.25, 0.3) is 0 Å². The number of alkyl halides is 3. The number of piperazine rings is 1. The zero-order valence-electron chi connectivity index (χ0n) is 16.7. The van der Waals surface area contributed by atoms with Gasteiger partial charge in [-0.25, -0.2) is 15.0 Å². The Hall–Kier alpha value is -3.96. The van der Waals surface area contributed by atoms with Crippen LogP contribution in [-0.4, -0.2) is 46.1 Å². The first kappa shape index (κ1) is 21.3. The molecule has 0 radical (unpaired) electrons. The average molecular weight is 445 g/mol. The van der Waals surface area contributed by atoms with Gasteiger partial charge in [0.15, 0.2) is 0 Å². The van der Waals surface area contributed by atoms with Gasteiger partial charge in [0.2, 0.25) is 11.6 Å². The SMILES string of the molecule is O=[N+]([O-])c1c(Nc2ccccc2C(F)(F)F)ncnc1N1CCN(c2ccccn2)CC1. The summed E-state index contributed by atoms with van der Waals surface area (Å²) in [6.45, 7) is 1.95. The van der Waals surface area contributed by atoms with E-state index in [1.54, 1.807) is 11.1 Å². The van der Waals surface area contributed by atoms with Gasteiger partial charge in [0.1, 0.15) is 12.1 Å². The molecule has 166 valence electrons. The minimum absolute atomic E-state index is 0.0534. The lowest BCUT2D eigenvalue weighted by Crippen LogP contribution is -2.47. The first-order chi connectivity index (χ1) is 15.3. The molecule has 32 heavy (non-hydrogen) atoms. The van der Waals surface area contributed by atoms with E-state index >= 15 is 0 Å². The molecule has 1 aromatic carbocycles. The number of anilines is 4. The fourth-order valence-corrected chi connectivity index (χ4v) is 3.52. The van der Waals surface area contributed by atoms with Crippen molar-refractivity contribution in [3.05, 3.63) is 70.7 Å². The summed E-state index contributed by atoms with van der Waals surface area (Å²) in [6.07, 6.45) is -1.84. The van der Waals surface area contributed by atoms with Crippen molar-refractivity contribution in [2.24, 2.45) is 0 Å². The first-order valence-corrected chi connectivity index (χ1v) is 9.68. The molecule has 0 aliphatic carbocycles. The first-order valence-electron chi connectivity index (χ1n) is 9.68. The number of aromatic nitrogens is 3. The van der Waals surface area contributed by atoms with Gasteiger partial charge in [0.25, 0.3) is 0 Å². The number of pyridine rings is 1. The fraction of sp³-hybridized carbons (Fsp3) is 0.250. The van der Waals surface area contributed by atoms with Crippen molar-refractivity contribution in [1.29, 1.82) is 0 Å². The van der Waals surface area contributed by atoms with Gasteiger partial charge in [-0.1, -0.05) is 18.2 Å². The van der Waals surface area contributed by atoms with Crippen LogP contribution in [0.4, 0.5) is 42.0 Å². The maximum absolute atomic E-state index is 13.3. The van der Waals surface area contributed by atoms with Crippen LogP contribution in [0.15, 0.2) is 55.0 Å². The van der Waals surface area contributed by atoms with Crippen LogP contribution in [-0.2, 0) is 6.18 Å². The molecule has 9 nitrogen and oxygen atoms in total. The highest BCUT2D eigenvalue weighted by atomic mass is 19.4. The van der Waals surface area contributed by atoms with E-state index in [1.165, 1.54) is 18.2 Å². The van der Waals surface area contributed by atoms with Crippen LogP contribution in [0, 0.1) is 10.1 Å². The van der Waals surface area contributed by atoms with Gasteiger partial charge >= 0.3 is 11.9 Å². The second-order valence-electron chi connectivity index (χ2n) is 6.98. The lowest BCUT2D eigenvalue weighted by atomic mass is 10.1. The van der Waals surface area contributed by atoms with E-state index in [0.717, 1.165) is 18.2 Å². The predicted molar refractivity (Wildman–Crippen MR) is 112 cm³/mol. The zero-order chi connectivity index (χ0) is 22.7. The normalized spacial score (nSPS) is 14.3. The summed E-state index contributed by atoms with van der Waals surface area (Å²) in [5.41, 5.74) is -1.75. The molecule has 3 aromatic rings. The third-order valence-electron chi connectivity index (χ3n) is 5.02. The van der Waals surface area contributed by atoms with Crippen LogP contribution in [0.5, 0.6) is 0 Å². The molecular formula is C20H18F3N7O2. The average Bonchev–Trinajstić information content (AvgIpc) is 2.79. The summed E-state index contributed by atoms with van der Waals surface area (Å²) in [4.78, 5) is 27.2. The van der Waals surface area contributed by atoms with Crippen molar-refractivity contribution < 1.29 is 18.1 Å². The van der Waals surface area contributed by atoms with E-state index in [4.69, 9.17) is 0 Å². The minimum Gasteiger partial charge on any atom is -0.353 e. The molecule has 0 unspecified atom stereocenters. The summed E-state index contributed by atoms with van der Waals surface area (Å²) in [7, 11) is 0. The maximum Gasteiger partial charge on any atom is 0.418 e. The molecule has 0 saturated carbocycles. The molecule has 1 N–H and O–H groups in total. The molecule has 0 bridgehead atoms. The molecule has 12 heteroatoms. The molecule has 0 amide bonds. The highest BCUT2D eigenvalue weighted by Crippen LogP contribution is 2.39. The number of rotatable bonds is 5. The molecule has 1 saturated heterocycles. The second-order valence-corrected chi connectivity index (χ2v) is 6.98. The van der Waals surface area contributed by atoms with Gasteiger partial charge < -0.3 is 15.1 Å². The van der Waals surface area contributed by atoms with E-state index in [1.807, 2.05) is 23.1 Å². The van der Waals surface area contributed by atoms with Gasteiger partial charge in [0, 0.05) is 32.4 Å². The molecule has 3 heterocycles. The Kier molecular flexibility index (Phi) is 5.75. The quantitative estimate of drug-likeness (QED) is 0.467. The molecule has 1 aliphatic rings. The van der Waals surface area contributed by atoms with E-state index in [2.05, 4.69) is 20.3 Å². The minimum atomic E-state index is -4.63. The summed E-state index contributed by atoms with van der Waals surface area (Å²) in [5, 5.41) is 14.3. The van der Waals surface area contributed by atoms with Crippen LogP contribution < -0.4 is 15.1 Å². The Bertz CT molecular complexity index is 1100. The Balaban J connectivity index is 1.61. The van der Waals surface area contributed by atoms with Crippen molar-refractivity contribution in [3.63, 3.8) is 0 Å². The fourth-order valence-electron chi connectivity index (χ4n) is 3.52. The van der Waals surface area contributed by atoms with E-state index in [-0.39, 0.29) is 17.3 Å². The number of nitrogens with one attached hydrogen (secondary N) is 1. The number of hydrogen-bond donors (Lipinski definition) is 1.